The molecule has 3 rings (SSSR count). The molecule has 1 aliphatic rings. The highest BCUT2D eigenvalue weighted by atomic mass is 32.1. The number of thiazole rings is 1. The third-order valence-corrected chi connectivity index (χ3v) is 6.00. The predicted octanol–water partition coefficient (Wildman–Crippen LogP) is 2.93. The van der Waals surface area contributed by atoms with Crippen LogP contribution in [0.15, 0.2) is 40.7 Å². The molecule has 1 aromatic carbocycles. The standard InChI is InChI=1S/C21H32N6S/c1-5-22-20(23-12-19-15-28-21(25-19)26(3)4)24-18-11-16(2)27(14-18)13-17-9-7-6-8-10-17/h6-10,15-16,18H,5,11-14H2,1-4H3,(H2,22,23,24). The van der Waals surface area contributed by atoms with Gasteiger partial charge in [0.25, 0.3) is 0 Å². The van der Waals surface area contributed by atoms with Crippen LogP contribution in [0, 0.1) is 0 Å². The van der Waals surface area contributed by atoms with Gasteiger partial charge in [-0.1, -0.05) is 30.3 Å². The number of anilines is 1. The van der Waals surface area contributed by atoms with E-state index in [1.165, 1.54) is 5.56 Å². The van der Waals surface area contributed by atoms with Crippen LogP contribution in [0.3, 0.4) is 0 Å². The molecule has 0 bridgehead atoms. The highest BCUT2D eigenvalue weighted by Gasteiger charge is 2.29. The van der Waals surface area contributed by atoms with Crippen molar-refractivity contribution in [3.05, 3.63) is 47.0 Å². The Kier molecular flexibility index (Phi) is 7.28. The SMILES string of the molecule is CCNC(=NCc1csc(N(C)C)n1)NC1CC(C)N(Cc2ccccc2)C1. The van der Waals surface area contributed by atoms with Crippen LogP contribution in [0.5, 0.6) is 0 Å². The van der Waals surface area contributed by atoms with E-state index in [0.29, 0.717) is 18.6 Å². The van der Waals surface area contributed by atoms with Crippen molar-refractivity contribution < 1.29 is 0 Å². The molecule has 7 heteroatoms. The van der Waals surface area contributed by atoms with Gasteiger partial charge in [-0.25, -0.2) is 9.98 Å². The van der Waals surface area contributed by atoms with Crippen LogP contribution in [0.2, 0.25) is 0 Å². The normalized spacial score (nSPS) is 20.4. The van der Waals surface area contributed by atoms with E-state index in [9.17, 15) is 0 Å². The molecule has 2 N–H and O–H groups in total. The smallest absolute Gasteiger partial charge is 0.191 e. The van der Waals surface area contributed by atoms with Crippen LogP contribution in [-0.2, 0) is 13.1 Å². The van der Waals surface area contributed by atoms with Crippen molar-refractivity contribution in [1.82, 2.24) is 20.5 Å². The van der Waals surface area contributed by atoms with E-state index < -0.39 is 0 Å². The predicted molar refractivity (Wildman–Crippen MR) is 119 cm³/mol. The van der Waals surface area contributed by atoms with E-state index >= 15 is 0 Å². The molecule has 1 aromatic heterocycles. The first-order chi connectivity index (χ1) is 13.5. The molecule has 2 aromatic rings. The zero-order chi connectivity index (χ0) is 19.9. The molecule has 0 spiro atoms. The number of nitrogens with zero attached hydrogens (tertiary/aromatic N) is 4. The lowest BCUT2D eigenvalue weighted by molar-refractivity contribution is 0.258. The second kappa shape index (κ2) is 9.89. The van der Waals surface area contributed by atoms with Crippen LogP contribution >= 0.6 is 11.3 Å². The van der Waals surface area contributed by atoms with Gasteiger partial charge in [0, 0.05) is 51.2 Å². The molecule has 0 radical (unpaired) electrons. The topological polar surface area (TPSA) is 55.8 Å². The van der Waals surface area contributed by atoms with Gasteiger partial charge in [0.1, 0.15) is 0 Å². The van der Waals surface area contributed by atoms with Gasteiger partial charge in [-0.3, -0.25) is 4.90 Å². The number of aromatic nitrogens is 1. The van der Waals surface area contributed by atoms with Crippen LogP contribution in [0.1, 0.15) is 31.5 Å². The maximum atomic E-state index is 4.76. The van der Waals surface area contributed by atoms with Crippen molar-refractivity contribution in [1.29, 1.82) is 0 Å². The first kappa shape index (κ1) is 20.6. The molecule has 1 aliphatic heterocycles. The minimum Gasteiger partial charge on any atom is -0.357 e. The van der Waals surface area contributed by atoms with E-state index in [2.05, 4.69) is 70.1 Å². The van der Waals surface area contributed by atoms with Crippen molar-refractivity contribution in [2.45, 2.75) is 45.4 Å². The average Bonchev–Trinajstić information content (AvgIpc) is 3.28. The van der Waals surface area contributed by atoms with Gasteiger partial charge in [-0.15, -0.1) is 11.3 Å². The molecule has 0 aliphatic carbocycles. The molecule has 2 atom stereocenters. The molecule has 2 unspecified atom stereocenters. The minimum absolute atomic E-state index is 0.407. The van der Waals surface area contributed by atoms with Crippen molar-refractivity contribution in [3.8, 4) is 0 Å². The Morgan fingerprint density at radius 3 is 2.79 bits per heavy atom. The molecule has 0 amide bonds. The monoisotopic (exact) mass is 400 g/mol. The van der Waals surface area contributed by atoms with Crippen molar-refractivity contribution in [3.63, 3.8) is 0 Å². The maximum Gasteiger partial charge on any atom is 0.191 e. The van der Waals surface area contributed by atoms with Gasteiger partial charge in [-0.05, 0) is 25.8 Å². The maximum absolute atomic E-state index is 4.76. The highest BCUT2D eigenvalue weighted by Crippen LogP contribution is 2.21. The Balaban J connectivity index is 1.57. The lowest BCUT2D eigenvalue weighted by atomic mass is 10.2. The first-order valence-electron chi connectivity index (χ1n) is 9.99. The van der Waals surface area contributed by atoms with Crippen molar-refractivity contribution in [2.24, 2.45) is 4.99 Å². The van der Waals surface area contributed by atoms with Crippen molar-refractivity contribution >= 4 is 22.4 Å². The van der Waals surface area contributed by atoms with E-state index in [1.54, 1.807) is 11.3 Å². The van der Waals surface area contributed by atoms with E-state index in [0.717, 1.165) is 42.8 Å². The average molecular weight is 401 g/mol. The summed E-state index contributed by atoms with van der Waals surface area (Å²) in [4.78, 5) is 13.9. The zero-order valence-electron chi connectivity index (χ0n) is 17.4. The number of hydrogen-bond donors (Lipinski definition) is 2. The molecule has 1 fully saturated rings. The molecule has 152 valence electrons. The molecular formula is C21H32N6S. The Morgan fingerprint density at radius 1 is 1.32 bits per heavy atom. The number of rotatable bonds is 7. The first-order valence-corrected chi connectivity index (χ1v) is 10.9. The lowest BCUT2D eigenvalue weighted by Crippen LogP contribution is -2.44. The summed E-state index contributed by atoms with van der Waals surface area (Å²) in [6.07, 6.45) is 1.12. The van der Waals surface area contributed by atoms with Gasteiger partial charge >= 0.3 is 0 Å². The molecule has 1 saturated heterocycles. The van der Waals surface area contributed by atoms with Crippen LogP contribution in [-0.4, -0.2) is 55.1 Å². The van der Waals surface area contributed by atoms with Gasteiger partial charge < -0.3 is 15.5 Å². The lowest BCUT2D eigenvalue weighted by Gasteiger charge is -2.21. The summed E-state index contributed by atoms with van der Waals surface area (Å²) >= 11 is 1.66. The second-order valence-corrected chi connectivity index (χ2v) is 8.39. The number of likely N-dealkylation sites (tertiary alicyclic amines) is 1. The van der Waals surface area contributed by atoms with Gasteiger partial charge in [0.05, 0.1) is 12.2 Å². The Labute approximate surface area is 172 Å². The number of benzene rings is 1. The quantitative estimate of drug-likeness (QED) is 0.553. The molecule has 0 saturated carbocycles. The van der Waals surface area contributed by atoms with E-state index in [1.807, 2.05) is 19.0 Å². The van der Waals surface area contributed by atoms with E-state index in [4.69, 9.17) is 4.99 Å². The summed E-state index contributed by atoms with van der Waals surface area (Å²) < 4.78 is 0. The Morgan fingerprint density at radius 2 is 2.11 bits per heavy atom. The fourth-order valence-corrected chi connectivity index (χ4v) is 4.24. The summed E-state index contributed by atoms with van der Waals surface area (Å²) in [5.41, 5.74) is 2.38. The van der Waals surface area contributed by atoms with E-state index in [-0.39, 0.29) is 0 Å². The Bertz CT molecular complexity index is 757. The van der Waals surface area contributed by atoms with Gasteiger partial charge in [0.15, 0.2) is 11.1 Å². The van der Waals surface area contributed by atoms with Crippen molar-refractivity contribution in [2.75, 3.05) is 32.1 Å². The highest BCUT2D eigenvalue weighted by molar-refractivity contribution is 7.13. The molecular weight excluding hydrogens is 368 g/mol. The summed E-state index contributed by atoms with van der Waals surface area (Å²) in [5, 5.41) is 10.1. The second-order valence-electron chi connectivity index (χ2n) is 7.55. The summed E-state index contributed by atoms with van der Waals surface area (Å²) in [5.74, 6) is 0.876. The Hall–Kier alpha value is -2.12. The van der Waals surface area contributed by atoms with Gasteiger partial charge in [-0.2, -0.15) is 0 Å². The van der Waals surface area contributed by atoms with Crippen LogP contribution in [0.25, 0.3) is 0 Å². The molecule has 28 heavy (non-hydrogen) atoms. The van der Waals surface area contributed by atoms with Gasteiger partial charge in [0.2, 0.25) is 0 Å². The zero-order valence-corrected chi connectivity index (χ0v) is 18.2. The van der Waals surface area contributed by atoms with Crippen LogP contribution < -0.4 is 15.5 Å². The molecule has 2 heterocycles. The summed E-state index contributed by atoms with van der Waals surface area (Å²) in [6.45, 7) is 7.88. The van der Waals surface area contributed by atoms with Crippen LogP contribution in [0.4, 0.5) is 5.13 Å². The number of nitrogens with one attached hydrogen (secondary N) is 2. The summed E-state index contributed by atoms with van der Waals surface area (Å²) in [6, 6.07) is 11.7. The number of hydrogen-bond acceptors (Lipinski definition) is 5. The minimum atomic E-state index is 0.407. The largest absolute Gasteiger partial charge is 0.357 e. The fraction of sp³-hybridized carbons (Fsp3) is 0.524. The third-order valence-electron chi connectivity index (χ3n) is 4.94. The third kappa shape index (κ3) is 5.69. The summed E-state index contributed by atoms with van der Waals surface area (Å²) in [7, 11) is 4.03. The number of aliphatic imine (C=N–C) groups is 1. The number of guanidine groups is 1. The fourth-order valence-electron chi connectivity index (χ4n) is 3.49. The molecule has 6 nitrogen and oxygen atoms in total.